The first kappa shape index (κ1) is 8.73. The predicted octanol–water partition coefficient (Wildman–Crippen LogP) is 1.46. The van der Waals surface area contributed by atoms with E-state index in [-0.39, 0.29) is 5.54 Å². The van der Waals surface area contributed by atoms with Crippen LogP contribution in [0.2, 0.25) is 0 Å². The van der Waals surface area contributed by atoms with Crippen molar-refractivity contribution in [3.63, 3.8) is 0 Å². The maximum atomic E-state index is 11.1. The first-order chi connectivity index (χ1) is 7.19. The molecule has 78 valence electrons. The van der Waals surface area contributed by atoms with E-state index in [1.54, 1.807) is 6.07 Å². The molecule has 3 rings (SSSR count). The van der Waals surface area contributed by atoms with E-state index in [0.29, 0.717) is 5.58 Å². The third-order valence-corrected chi connectivity index (χ3v) is 3.24. The van der Waals surface area contributed by atoms with Crippen LogP contribution in [0, 0.1) is 0 Å². The quantitative estimate of drug-likeness (QED) is 0.738. The number of aromatic amines is 1. The number of H-pyrrole nitrogens is 1. The van der Waals surface area contributed by atoms with Gasteiger partial charge in [-0.1, -0.05) is 12.1 Å². The van der Waals surface area contributed by atoms with Crippen LogP contribution in [0.5, 0.6) is 0 Å². The van der Waals surface area contributed by atoms with Crippen LogP contribution in [0.3, 0.4) is 0 Å². The topological polar surface area (TPSA) is 72.0 Å². The first-order valence-corrected chi connectivity index (χ1v) is 5.10. The van der Waals surface area contributed by atoms with E-state index >= 15 is 0 Å². The number of nitrogens with one attached hydrogen (secondary N) is 1. The average Bonchev–Trinajstić information content (AvgIpc) is 2.53. The van der Waals surface area contributed by atoms with Gasteiger partial charge in [0.15, 0.2) is 5.58 Å². The Labute approximate surface area is 86.1 Å². The minimum Gasteiger partial charge on any atom is -0.408 e. The second-order valence-electron chi connectivity index (χ2n) is 4.20. The van der Waals surface area contributed by atoms with Crippen LogP contribution in [0.1, 0.15) is 24.8 Å². The van der Waals surface area contributed by atoms with Crippen molar-refractivity contribution >= 4 is 11.1 Å². The van der Waals surface area contributed by atoms with Crippen molar-refractivity contribution in [3.8, 4) is 0 Å². The smallest absolute Gasteiger partial charge is 0.408 e. The molecular weight excluding hydrogens is 192 g/mol. The Kier molecular flexibility index (Phi) is 1.59. The molecule has 0 unspecified atom stereocenters. The zero-order chi connectivity index (χ0) is 10.5. The van der Waals surface area contributed by atoms with Crippen molar-refractivity contribution in [2.45, 2.75) is 24.8 Å². The van der Waals surface area contributed by atoms with Gasteiger partial charge in [-0.15, -0.1) is 0 Å². The standard InChI is InChI=1S/C11H12N2O2/c12-11(5-2-6-11)7-3-1-4-8-9(7)13-10(14)15-8/h1,3-4H,2,5-6,12H2,(H,13,14). The predicted molar refractivity (Wildman–Crippen MR) is 56.6 cm³/mol. The number of oxazole rings is 1. The van der Waals surface area contributed by atoms with Crippen molar-refractivity contribution in [2.75, 3.05) is 0 Å². The van der Waals surface area contributed by atoms with Gasteiger partial charge in [0.05, 0.1) is 5.52 Å². The van der Waals surface area contributed by atoms with Gasteiger partial charge in [0.25, 0.3) is 0 Å². The minimum absolute atomic E-state index is 0.272. The van der Waals surface area contributed by atoms with Crippen LogP contribution in [-0.2, 0) is 5.54 Å². The van der Waals surface area contributed by atoms with E-state index in [0.717, 1.165) is 30.3 Å². The summed E-state index contributed by atoms with van der Waals surface area (Å²) in [5, 5.41) is 0. The fraction of sp³-hybridized carbons (Fsp3) is 0.364. The number of hydrogen-bond donors (Lipinski definition) is 2. The van der Waals surface area contributed by atoms with Gasteiger partial charge in [-0.05, 0) is 30.9 Å². The van der Waals surface area contributed by atoms with Gasteiger partial charge in [-0.3, -0.25) is 4.98 Å². The highest BCUT2D eigenvalue weighted by Crippen LogP contribution is 2.40. The summed E-state index contributed by atoms with van der Waals surface area (Å²) in [4.78, 5) is 13.8. The molecule has 0 amide bonds. The number of nitrogens with two attached hydrogens (primary N) is 1. The van der Waals surface area contributed by atoms with Crippen molar-refractivity contribution < 1.29 is 4.42 Å². The SMILES string of the molecule is NC1(c2cccc3oc(=O)[nH]c23)CCC1. The van der Waals surface area contributed by atoms with Gasteiger partial charge in [0, 0.05) is 5.54 Å². The molecule has 0 saturated heterocycles. The fourth-order valence-corrected chi connectivity index (χ4v) is 2.21. The monoisotopic (exact) mass is 204 g/mol. The van der Waals surface area contributed by atoms with E-state index in [1.807, 2.05) is 12.1 Å². The number of aromatic nitrogens is 1. The Bertz CT molecular complexity index is 563. The van der Waals surface area contributed by atoms with E-state index in [1.165, 1.54) is 0 Å². The lowest BCUT2D eigenvalue weighted by molar-refractivity contribution is 0.255. The Morgan fingerprint density at radius 2 is 2.20 bits per heavy atom. The molecular formula is C11H12N2O2. The Morgan fingerprint density at radius 1 is 1.40 bits per heavy atom. The summed E-state index contributed by atoms with van der Waals surface area (Å²) >= 11 is 0. The van der Waals surface area contributed by atoms with Gasteiger partial charge in [-0.2, -0.15) is 0 Å². The number of fused-ring (bicyclic) bond motifs is 1. The molecule has 15 heavy (non-hydrogen) atoms. The Hall–Kier alpha value is -1.55. The molecule has 1 aromatic carbocycles. The van der Waals surface area contributed by atoms with Gasteiger partial charge < -0.3 is 10.2 Å². The van der Waals surface area contributed by atoms with Crippen molar-refractivity contribution in [2.24, 2.45) is 5.73 Å². The van der Waals surface area contributed by atoms with Crippen LogP contribution in [-0.4, -0.2) is 4.98 Å². The summed E-state index contributed by atoms with van der Waals surface area (Å²) < 4.78 is 5.01. The number of benzene rings is 1. The molecule has 1 fully saturated rings. The summed E-state index contributed by atoms with van der Waals surface area (Å²) in [6.07, 6.45) is 3.09. The average molecular weight is 204 g/mol. The highest BCUT2D eigenvalue weighted by Gasteiger charge is 2.36. The Balaban J connectivity index is 2.30. The molecule has 1 aromatic heterocycles. The summed E-state index contributed by atoms with van der Waals surface area (Å²) in [6, 6.07) is 5.62. The lowest BCUT2D eigenvalue weighted by Crippen LogP contribution is -2.43. The fourth-order valence-electron chi connectivity index (χ4n) is 2.21. The van der Waals surface area contributed by atoms with Crippen molar-refractivity contribution in [3.05, 3.63) is 34.3 Å². The molecule has 1 aliphatic carbocycles. The van der Waals surface area contributed by atoms with E-state index < -0.39 is 5.76 Å². The van der Waals surface area contributed by atoms with Crippen molar-refractivity contribution in [1.82, 2.24) is 4.98 Å². The van der Waals surface area contributed by atoms with Gasteiger partial charge in [0.1, 0.15) is 0 Å². The van der Waals surface area contributed by atoms with Gasteiger partial charge in [-0.25, -0.2) is 4.79 Å². The summed E-state index contributed by atoms with van der Waals surface area (Å²) in [6.45, 7) is 0. The lowest BCUT2D eigenvalue weighted by Gasteiger charge is -2.38. The molecule has 0 aliphatic heterocycles. The molecule has 0 atom stereocenters. The number of para-hydroxylation sites is 1. The molecule has 3 N–H and O–H groups in total. The van der Waals surface area contributed by atoms with Crippen LogP contribution < -0.4 is 11.5 Å². The highest BCUT2D eigenvalue weighted by molar-refractivity contribution is 5.77. The Morgan fingerprint density at radius 3 is 2.87 bits per heavy atom. The molecule has 1 aliphatic rings. The molecule has 1 heterocycles. The molecule has 4 nitrogen and oxygen atoms in total. The molecule has 0 bridgehead atoms. The van der Waals surface area contributed by atoms with Crippen LogP contribution in [0.4, 0.5) is 0 Å². The van der Waals surface area contributed by atoms with Gasteiger partial charge in [0.2, 0.25) is 0 Å². The largest absolute Gasteiger partial charge is 0.417 e. The maximum absolute atomic E-state index is 11.1. The van der Waals surface area contributed by atoms with Crippen LogP contribution in [0.15, 0.2) is 27.4 Å². The molecule has 4 heteroatoms. The zero-order valence-electron chi connectivity index (χ0n) is 8.25. The lowest BCUT2D eigenvalue weighted by atomic mass is 9.72. The minimum atomic E-state index is -0.416. The van der Waals surface area contributed by atoms with Crippen molar-refractivity contribution in [1.29, 1.82) is 0 Å². The third kappa shape index (κ3) is 1.15. The number of hydrogen-bond acceptors (Lipinski definition) is 3. The molecule has 1 saturated carbocycles. The van der Waals surface area contributed by atoms with Crippen LogP contribution >= 0.6 is 0 Å². The summed E-state index contributed by atoms with van der Waals surface area (Å²) in [5.41, 5.74) is 8.31. The second-order valence-corrected chi connectivity index (χ2v) is 4.20. The van der Waals surface area contributed by atoms with E-state index in [2.05, 4.69) is 4.98 Å². The van der Waals surface area contributed by atoms with E-state index in [9.17, 15) is 4.79 Å². The third-order valence-electron chi connectivity index (χ3n) is 3.24. The second kappa shape index (κ2) is 2.73. The maximum Gasteiger partial charge on any atom is 0.417 e. The molecule has 0 radical (unpaired) electrons. The number of rotatable bonds is 1. The normalized spacial score (nSPS) is 19.0. The summed E-state index contributed by atoms with van der Waals surface area (Å²) in [7, 11) is 0. The van der Waals surface area contributed by atoms with Crippen LogP contribution in [0.25, 0.3) is 11.1 Å². The highest BCUT2D eigenvalue weighted by atomic mass is 16.4. The van der Waals surface area contributed by atoms with E-state index in [4.69, 9.17) is 10.2 Å². The zero-order valence-corrected chi connectivity index (χ0v) is 8.25. The molecule has 2 aromatic rings. The first-order valence-electron chi connectivity index (χ1n) is 5.10. The summed E-state index contributed by atoms with van der Waals surface area (Å²) in [5.74, 6) is -0.416. The van der Waals surface area contributed by atoms with Gasteiger partial charge >= 0.3 is 5.76 Å². The molecule has 0 spiro atoms.